The molecule has 3 aliphatic heterocycles. The van der Waals surface area contributed by atoms with Crippen LogP contribution in [0.15, 0.2) is 41.3 Å². The van der Waals surface area contributed by atoms with Crippen molar-refractivity contribution < 1.29 is 41.3 Å². The summed E-state index contributed by atoms with van der Waals surface area (Å²) in [5.41, 5.74) is 0.862. The van der Waals surface area contributed by atoms with E-state index in [9.17, 15) is 27.1 Å². The molecular weight excluding hydrogens is 679 g/mol. The molecule has 2 aromatic carbocycles. The summed E-state index contributed by atoms with van der Waals surface area (Å²) < 4.78 is 76.2. The lowest BCUT2D eigenvalue weighted by molar-refractivity contribution is -0.135. The second-order valence-corrected chi connectivity index (χ2v) is 17.1. The van der Waals surface area contributed by atoms with E-state index in [1.165, 1.54) is 21.7 Å². The van der Waals surface area contributed by atoms with Crippen LogP contribution in [-0.2, 0) is 30.7 Å². The quantitative estimate of drug-likeness (QED) is 0.225. The van der Waals surface area contributed by atoms with Crippen molar-refractivity contribution in [2.24, 2.45) is 23.7 Å². The van der Waals surface area contributed by atoms with Crippen LogP contribution < -0.4 is 10.6 Å². The third-order valence-electron chi connectivity index (χ3n) is 9.84. The minimum Gasteiger partial charge on any atom is -0.445 e. The molecule has 5 unspecified atom stereocenters. The second-order valence-electron chi connectivity index (χ2n) is 14.2. The predicted molar refractivity (Wildman–Crippen MR) is 179 cm³/mol. The van der Waals surface area contributed by atoms with Crippen LogP contribution in [0.2, 0.25) is 0 Å². The number of amides is 1. The lowest BCUT2D eigenvalue weighted by atomic mass is 9.74. The van der Waals surface area contributed by atoms with Gasteiger partial charge in [0.05, 0.1) is 40.5 Å². The fourth-order valence-corrected chi connectivity index (χ4v) is 9.99. The van der Waals surface area contributed by atoms with Gasteiger partial charge < -0.3 is 30.0 Å². The molecule has 11 nitrogen and oxygen atoms in total. The number of anilines is 1. The first-order chi connectivity index (χ1) is 23.4. The van der Waals surface area contributed by atoms with E-state index in [-0.39, 0.29) is 53.4 Å². The van der Waals surface area contributed by atoms with Crippen LogP contribution in [0.25, 0.3) is 10.2 Å². The highest BCUT2D eigenvalue weighted by atomic mass is 32.2. The van der Waals surface area contributed by atoms with Gasteiger partial charge in [-0.1, -0.05) is 25.2 Å². The molecule has 0 radical (unpaired) electrons. The van der Waals surface area contributed by atoms with Crippen LogP contribution >= 0.6 is 11.3 Å². The first-order valence-electron chi connectivity index (χ1n) is 16.9. The number of halogens is 2. The Bertz CT molecular complexity index is 1770. The summed E-state index contributed by atoms with van der Waals surface area (Å²) in [6, 6.07) is 6.98. The average molecular weight is 721 g/mol. The third kappa shape index (κ3) is 7.71. The highest BCUT2D eigenvalue weighted by molar-refractivity contribution is 7.89. The summed E-state index contributed by atoms with van der Waals surface area (Å²) in [5, 5.41) is 18.5. The van der Waals surface area contributed by atoms with Crippen LogP contribution in [0.5, 0.6) is 0 Å². The van der Waals surface area contributed by atoms with Gasteiger partial charge in [-0.3, -0.25) is 0 Å². The number of sulfonamides is 1. The molecule has 1 aromatic heterocycles. The molecule has 2 saturated carbocycles. The van der Waals surface area contributed by atoms with E-state index in [0.29, 0.717) is 29.5 Å². The SMILES string of the molecule is CC(C)CN(C[C@@H](O)[C@H](Cc1cc(F)cc(F)c1)NC(=O)OC1C2CCC3C(OC2)OCC31)S(=O)(=O)c1ccc2nc(NC3CC3)sc2c1. The summed E-state index contributed by atoms with van der Waals surface area (Å²) in [6.07, 6.45) is 0.661. The monoisotopic (exact) mass is 720 g/mol. The molecule has 3 saturated heterocycles. The number of hydrogen-bond donors (Lipinski definition) is 3. The Morgan fingerprint density at radius 2 is 1.82 bits per heavy atom. The number of aromatic nitrogens is 1. The van der Waals surface area contributed by atoms with Gasteiger partial charge in [-0.2, -0.15) is 4.31 Å². The molecule has 3 aromatic rings. The molecule has 49 heavy (non-hydrogen) atoms. The Morgan fingerprint density at radius 1 is 1.06 bits per heavy atom. The van der Waals surface area contributed by atoms with Gasteiger partial charge in [0.15, 0.2) is 11.4 Å². The molecule has 2 aliphatic carbocycles. The van der Waals surface area contributed by atoms with Crippen LogP contribution in [0.1, 0.15) is 45.1 Å². The molecule has 5 aliphatic rings. The molecular formula is C34H42F2N4O7S2. The lowest BCUT2D eigenvalue weighted by Crippen LogP contribution is -2.52. The fraction of sp³-hybridized carbons (Fsp3) is 0.588. The predicted octanol–water partition coefficient (Wildman–Crippen LogP) is 4.89. The van der Waals surface area contributed by atoms with Crippen LogP contribution in [0.3, 0.4) is 0 Å². The molecule has 1 amide bonds. The van der Waals surface area contributed by atoms with E-state index < -0.39 is 52.5 Å². The van der Waals surface area contributed by atoms with E-state index in [1.807, 2.05) is 13.8 Å². The Morgan fingerprint density at radius 3 is 2.55 bits per heavy atom. The number of aliphatic hydroxyl groups is 1. The first kappa shape index (κ1) is 34.5. The first-order valence-corrected chi connectivity index (χ1v) is 19.2. The van der Waals surface area contributed by atoms with Crippen LogP contribution in [0.4, 0.5) is 18.7 Å². The number of nitrogens with zero attached hydrogens (tertiary/aromatic N) is 2. The summed E-state index contributed by atoms with van der Waals surface area (Å²) in [7, 11) is -4.13. The summed E-state index contributed by atoms with van der Waals surface area (Å²) in [5.74, 6) is -1.65. The Kier molecular flexibility index (Phi) is 9.85. The molecule has 266 valence electrons. The topological polar surface area (TPSA) is 139 Å². The van der Waals surface area contributed by atoms with Crippen molar-refractivity contribution in [3.63, 3.8) is 0 Å². The zero-order chi connectivity index (χ0) is 34.4. The van der Waals surface area contributed by atoms with E-state index in [4.69, 9.17) is 14.2 Å². The van der Waals surface area contributed by atoms with Gasteiger partial charge in [-0.05, 0) is 73.9 Å². The van der Waals surface area contributed by atoms with E-state index in [1.54, 1.807) is 12.1 Å². The number of aliphatic hydroxyl groups excluding tert-OH is 1. The largest absolute Gasteiger partial charge is 0.445 e. The van der Waals surface area contributed by atoms with Gasteiger partial charge in [-0.25, -0.2) is 27.0 Å². The van der Waals surface area contributed by atoms with Crippen molar-refractivity contribution in [2.75, 3.05) is 31.6 Å². The Labute approximate surface area is 288 Å². The molecule has 0 spiro atoms. The van der Waals surface area contributed by atoms with E-state index >= 15 is 0 Å². The van der Waals surface area contributed by atoms with Crippen molar-refractivity contribution in [2.45, 2.75) is 81.4 Å². The molecule has 3 N–H and O–H groups in total. The number of carbonyl (C=O) groups is 1. The number of hydrogen-bond acceptors (Lipinski definition) is 10. The molecule has 4 heterocycles. The highest BCUT2D eigenvalue weighted by Crippen LogP contribution is 2.46. The lowest BCUT2D eigenvalue weighted by Gasteiger charge is -2.36. The number of thiazole rings is 1. The van der Waals surface area contributed by atoms with Gasteiger partial charge in [-0.15, -0.1) is 0 Å². The van der Waals surface area contributed by atoms with Gasteiger partial charge in [0.25, 0.3) is 0 Å². The van der Waals surface area contributed by atoms with Gasteiger partial charge in [0, 0.05) is 43.0 Å². The number of nitrogens with one attached hydrogen (secondary N) is 2. The Hall–Kier alpha value is -2.95. The Balaban J connectivity index is 1.12. The van der Waals surface area contributed by atoms with Crippen LogP contribution in [0, 0.1) is 35.3 Å². The van der Waals surface area contributed by atoms with Crippen molar-refractivity contribution in [1.82, 2.24) is 14.6 Å². The smallest absolute Gasteiger partial charge is 0.407 e. The van der Waals surface area contributed by atoms with Gasteiger partial charge in [0.2, 0.25) is 10.0 Å². The highest BCUT2D eigenvalue weighted by Gasteiger charge is 2.52. The van der Waals surface area contributed by atoms with E-state index in [2.05, 4.69) is 15.6 Å². The number of rotatable bonds is 13. The fourth-order valence-electron chi connectivity index (χ4n) is 7.28. The standard InChI is InChI=1S/C34H42F2N4O7S2/c1-18(2)14-40(49(43,44)24-6-8-27-30(13-24)48-33(38-27)37-23-4-5-23)15-29(41)28(11-19-9-21(35)12-22(36)10-19)39-34(42)47-31-20-3-7-25-26(31)17-46-32(25)45-16-20/h6,8-10,12-13,18,20,23,25-26,28-29,31-32,41H,3-5,7,11,14-17H2,1-2H3,(H,37,38)(H,39,42)/t20?,25?,26?,28-,29+,31?,32?/m0/s1. The minimum absolute atomic E-state index is 0.00952. The number of fused-ring (bicyclic) bond motifs is 3. The number of alkyl carbamates (subject to hydrolysis) is 1. The van der Waals surface area contributed by atoms with Gasteiger partial charge >= 0.3 is 6.09 Å². The third-order valence-corrected chi connectivity index (χ3v) is 12.6. The number of ether oxygens (including phenoxy) is 3. The summed E-state index contributed by atoms with van der Waals surface area (Å²) in [4.78, 5) is 18.1. The van der Waals surface area contributed by atoms with Gasteiger partial charge in [0.1, 0.15) is 17.7 Å². The zero-order valence-corrected chi connectivity index (χ0v) is 29.0. The minimum atomic E-state index is -4.13. The molecule has 7 atom stereocenters. The maximum Gasteiger partial charge on any atom is 0.407 e. The van der Waals surface area contributed by atoms with E-state index in [0.717, 1.165) is 49.0 Å². The summed E-state index contributed by atoms with van der Waals surface area (Å²) >= 11 is 1.38. The maximum atomic E-state index is 14.2. The zero-order valence-electron chi connectivity index (χ0n) is 27.4. The number of benzene rings is 2. The van der Waals surface area contributed by atoms with Crippen molar-refractivity contribution in [3.8, 4) is 0 Å². The van der Waals surface area contributed by atoms with Crippen molar-refractivity contribution in [3.05, 3.63) is 53.6 Å². The normalized spacial score (nSPS) is 26.2. The number of carbonyl (C=O) groups excluding carboxylic acids is 1. The molecule has 5 fully saturated rings. The molecule has 8 rings (SSSR count). The van der Waals surface area contributed by atoms with Crippen LogP contribution in [-0.4, -0.2) is 85.8 Å². The molecule has 4 bridgehead atoms. The molecule has 15 heteroatoms. The van der Waals surface area contributed by atoms with Crippen molar-refractivity contribution >= 4 is 42.8 Å². The maximum absolute atomic E-state index is 14.2. The average Bonchev–Trinajstić information content (AvgIpc) is 3.69. The second kappa shape index (κ2) is 14.0. The van der Waals surface area contributed by atoms with Crippen molar-refractivity contribution in [1.29, 1.82) is 0 Å². The summed E-state index contributed by atoms with van der Waals surface area (Å²) in [6.45, 7) is 4.22.